The highest BCUT2D eigenvalue weighted by atomic mass is 16.4. The number of aromatic nitrogens is 2. The number of carboxylic acids is 1. The van der Waals surface area contributed by atoms with Crippen molar-refractivity contribution >= 4 is 11.9 Å². The Morgan fingerprint density at radius 2 is 2.25 bits per heavy atom. The largest absolute Gasteiger partial charge is 0.481 e. The van der Waals surface area contributed by atoms with Crippen LogP contribution in [0.1, 0.15) is 40.5 Å². The average molecular weight is 279 g/mol. The van der Waals surface area contributed by atoms with Crippen LogP contribution in [0.2, 0.25) is 0 Å². The van der Waals surface area contributed by atoms with Crippen molar-refractivity contribution in [2.75, 3.05) is 5.32 Å². The van der Waals surface area contributed by atoms with E-state index in [1.54, 1.807) is 6.20 Å². The molecule has 1 fully saturated rings. The van der Waals surface area contributed by atoms with Gasteiger partial charge < -0.3 is 15.0 Å². The summed E-state index contributed by atoms with van der Waals surface area (Å²) >= 11 is 0. The standard InChI is InChI=1S/C15H25N3O2/c1-5-18-9-8-16-14(18)17-12-7-6-11(13(19)20)15(3,4)10(12)2/h8-12H,5-7H2,1-4H3,(H,16,17)(H,19,20). The fourth-order valence-electron chi connectivity index (χ4n) is 3.31. The number of carboxylic acid groups (broad SMARTS) is 1. The Hall–Kier alpha value is -1.52. The second-order valence-electron chi connectivity index (χ2n) is 6.37. The van der Waals surface area contributed by atoms with E-state index >= 15 is 0 Å². The van der Waals surface area contributed by atoms with Gasteiger partial charge in [0.2, 0.25) is 5.95 Å². The molecule has 5 heteroatoms. The van der Waals surface area contributed by atoms with Crippen LogP contribution in [-0.4, -0.2) is 26.7 Å². The van der Waals surface area contributed by atoms with E-state index in [1.807, 2.05) is 6.20 Å². The third-order valence-electron chi connectivity index (χ3n) is 5.11. The molecule has 0 aromatic carbocycles. The number of aryl methyl sites for hydroxylation is 1. The minimum Gasteiger partial charge on any atom is -0.481 e. The summed E-state index contributed by atoms with van der Waals surface area (Å²) in [5.74, 6) is 0.227. The molecule has 5 nitrogen and oxygen atoms in total. The molecule has 3 atom stereocenters. The lowest BCUT2D eigenvalue weighted by Crippen LogP contribution is -2.48. The molecule has 20 heavy (non-hydrogen) atoms. The fourth-order valence-corrected chi connectivity index (χ4v) is 3.31. The summed E-state index contributed by atoms with van der Waals surface area (Å²) < 4.78 is 2.07. The zero-order valence-electron chi connectivity index (χ0n) is 12.8. The van der Waals surface area contributed by atoms with Crippen molar-refractivity contribution in [1.82, 2.24) is 9.55 Å². The van der Waals surface area contributed by atoms with Crippen LogP contribution in [-0.2, 0) is 11.3 Å². The number of hydrogen-bond donors (Lipinski definition) is 2. The molecule has 112 valence electrons. The Morgan fingerprint density at radius 3 is 2.85 bits per heavy atom. The Bertz CT molecular complexity index is 481. The molecular weight excluding hydrogens is 254 g/mol. The summed E-state index contributed by atoms with van der Waals surface area (Å²) in [5, 5.41) is 12.9. The molecule has 0 amide bonds. The molecule has 1 aliphatic carbocycles. The van der Waals surface area contributed by atoms with Crippen LogP contribution in [0.3, 0.4) is 0 Å². The third kappa shape index (κ3) is 2.53. The maximum absolute atomic E-state index is 11.4. The van der Waals surface area contributed by atoms with Gasteiger partial charge in [0.05, 0.1) is 5.92 Å². The van der Waals surface area contributed by atoms with E-state index in [9.17, 15) is 9.90 Å². The van der Waals surface area contributed by atoms with Crippen molar-refractivity contribution in [2.24, 2.45) is 17.3 Å². The van der Waals surface area contributed by atoms with Crippen LogP contribution in [0.5, 0.6) is 0 Å². The summed E-state index contributed by atoms with van der Waals surface area (Å²) in [6, 6.07) is 0.272. The molecule has 1 aromatic heterocycles. The smallest absolute Gasteiger partial charge is 0.307 e. The van der Waals surface area contributed by atoms with Crippen molar-refractivity contribution in [3.8, 4) is 0 Å². The Kier molecular flexibility index (Phi) is 4.06. The van der Waals surface area contributed by atoms with Gasteiger partial charge in [-0.1, -0.05) is 20.8 Å². The molecule has 1 saturated carbocycles. The predicted octanol–water partition coefficient (Wildman–Crippen LogP) is 2.84. The van der Waals surface area contributed by atoms with Crippen molar-refractivity contribution < 1.29 is 9.90 Å². The third-order valence-corrected chi connectivity index (χ3v) is 5.11. The number of carbonyl (C=O) groups is 1. The first kappa shape index (κ1) is 14.9. The quantitative estimate of drug-likeness (QED) is 0.889. The van der Waals surface area contributed by atoms with Crippen molar-refractivity contribution in [3.05, 3.63) is 12.4 Å². The van der Waals surface area contributed by atoms with Gasteiger partial charge in [0.25, 0.3) is 0 Å². The van der Waals surface area contributed by atoms with Crippen LogP contribution in [0, 0.1) is 17.3 Å². The number of hydrogen-bond acceptors (Lipinski definition) is 3. The van der Waals surface area contributed by atoms with Crippen LogP contribution < -0.4 is 5.32 Å². The van der Waals surface area contributed by atoms with Crippen LogP contribution >= 0.6 is 0 Å². The highest BCUT2D eigenvalue weighted by Crippen LogP contribution is 2.45. The van der Waals surface area contributed by atoms with E-state index in [0.29, 0.717) is 0 Å². The zero-order chi connectivity index (χ0) is 14.9. The average Bonchev–Trinajstić information content (AvgIpc) is 2.81. The molecule has 2 N–H and O–H groups in total. The van der Waals surface area contributed by atoms with Crippen molar-refractivity contribution in [3.63, 3.8) is 0 Å². The SMILES string of the molecule is CCn1ccnc1NC1CCC(C(=O)O)C(C)(C)C1C. The second-order valence-corrected chi connectivity index (χ2v) is 6.37. The molecule has 0 spiro atoms. The van der Waals surface area contributed by atoms with Gasteiger partial charge in [-0.25, -0.2) is 4.98 Å². The molecule has 0 saturated heterocycles. The van der Waals surface area contributed by atoms with E-state index in [0.717, 1.165) is 25.3 Å². The molecule has 0 bridgehead atoms. The van der Waals surface area contributed by atoms with E-state index in [2.05, 4.69) is 42.6 Å². The molecule has 1 aromatic rings. The van der Waals surface area contributed by atoms with Gasteiger partial charge in [0.15, 0.2) is 0 Å². The molecule has 0 aliphatic heterocycles. The summed E-state index contributed by atoms with van der Waals surface area (Å²) in [4.78, 5) is 15.8. The van der Waals surface area contributed by atoms with Crippen LogP contribution in [0.4, 0.5) is 5.95 Å². The lowest BCUT2D eigenvalue weighted by molar-refractivity contribution is -0.149. The lowest BCUT2D eigenvalue weighted by Gasteiger charge is -2.46. The fraction of sp³-hybridized carbons (Fsp3) is 0.733. The van der Waals surface area contributed by atoms with Gasteiger partial charge >= 0.3 is 5.97 Å². The minimum atomic E-state index is -0.671. The molecule has 2 rings (SSSR count). The number of rotatable bonds is 4. The second kappa shape index (κ2) is 5.46. The number of imidazole rings is 1. The van der Waals surface area contributed by atoms with Gasteiger partial charge in [-0.2, -0.15) is 0 Å². The van der Waals surface area contributed by atoms with Gasteiger partial charge in [-0.3, -0.25) is 4.79 Å². The highest BCUT2D eigenvalue weighted by Gasteiger charge is 2.46. The Morgan fingerprint density at radius 1 is 1.55 bits per heavy atom. The van der Waals surface area contributed by atoms with Gasteiger partial charge in [-0.05, 0) is 31.1 Å². The van der Waals surface area contributed by atoms with Gasteiger partial charge in [0, 0.05) is 25.0 Å². The summed E-state index contributed by atoms with van der Waals surface area (Å²) in [7, 11) is 0. The Labute approximate surface area is 120 Å². The number of aliphatic carboxylic acids is 1. The van der Waals surface area contributed by atoms with E-state index in [1.165, 1.54) is 0 Å². The van der Waals surface area contributed by atoms with Gasteiger partial charge in [-0.15, -0.1) is 0 Å². The first-order valence-corrected chi connectivity index (χ1v) is 7.38. The monoisotopic (exact) mass is 279 g/mol. The predicted molar refractivity (Wildman–Crippen MR) is 78.6 cm³/mol. The topological polar surface area (TPSA) is 67.2 Å². The van der Waals surface area contributed by atoms with Crippen LogP contribution in [0.15, 0.2) is 12.4 Å². The maximum Gasteiger partial charge on any atom is 0.307 e. The van der Waals surface area contributed by atoms with Gasteiger partial charge in [0.1, 0.15) is 0 Å². The van der Waals surface area contributed by atoms with Crippen molar-refractivity contribution in [1.29, 1.82) is 0 Å². The minimum absolute atomic E-state index is 0.217. The zero-order valence-corrected chi connectivity index (χ0v) is 12.8. The number of nitrogens with zero attached hydrogens (tertiary/aromatic N) is 2. The van der Waals surface area contributed by atoms with Crippen molar-refractivity contribution in [2.45, 2.75) is 53.1 Å². The first-order chi connectivity index (χ1) is 9.37. The number of anilines is 1. The molecule has 3 unspecified atom stereocenters. The van der Waals surface area contributed by atoms with E-state index < -0.39 is 5.97 Å². The molecule has 1 aliphatic rings. The number of nitrogens with one attached hydrogen (secondary N) is 1. The Balaban J connectivity index is 2.14. The first-order valence-electron chi connectivity index (χ1n) is 7.38. The summed E-state index contributed by atoms with van der Waals surface area (Å²) in [5.41, 5.74) is -0.217. The molecule has 0 radical (unpaired) electrons. The van der Waals surface area contributed by atoms with E-state index in [-0.39, 0.29) is 23.3 Å². The lowest BCUT2D eigenvalue weighted by atomic mass is 9.61. The summed E-state index contributed by atoms with van der Waals surface area (Å²) in [6.07, 6.45) is 5.35. The highest BCUT2D eigenvalue weighted by molar-refractivity contribution is 5.71. The maximum atomic E-state index is 11.4. The van der Waals surface area contributed by atoms with Crippen LogP contribution in [0.25, 0.3) is 0 Å². The molecule has 1 heterocycles. The normalized spacial score (nSPS) is 29.1. The molecular formula is C15H25N3O2. The van der Waals surface area contributed by atoms with E-state index in [4.69, 9.17) is 0 Å². The summed E-state index contributed by atoms with van der Waals surface area (Å²) in [6.45, 7) is 9.24.